The van der Waals surface area contributed by atoms with E-state index in [1.54, 1.807) is 12.1 Å². The topological polar surface area (TPSA) is 75.3 Å². The fraction of sp³-hybridized carbons (Fsp3) is 0.0526. The molecule has 0 saturated carbocycles. The molecule has 3 rings (SSSR count). The van der Waals surface area contributed by atoms with E-state index in [0.29, 0.717) is 17.2 Å². The number of rotatable bonds is 5. The number of benzene rings is 2. The quantitative estimate of drug-likeness (QED) is 0.644. The minimum atomic E-state index is -0.643. The molecule has 1 N–H and O–H groups in total. The number of carbonyl (C=O) groups is 1. The Morgan fingerprint density at radius 1 is 1.23 bits per heavy atom. The normalized spacial score (nSPS) is 10.2. The minimum absolute atomic E-state index is 0.0840. The second kappa shape index (κ2) is 7.85. The van der Waals surface area contributed by atoms with E-state index in [4.69, 9.17) is 14.4 Å². The van der Waals surface area contributed by atoms with Crippen LogP contribution in [0.2, 0.25) is 0 Å². The van der Waals surface area contributed by atoms with Crippen molar-refractivity contribution >= 4 is 27.5 Å². The van der Waals surface area contributed by atoms with Gasteiger partial charge in [0.15, 0.2) is 5.76 Å². The van der Waals surface area contributed by atoms with Gasteiger partial charge in [-0.2, -0.15) is 5.26 Å². The SMILES string of the molecule is N#Cc1cc(NC(=O)c2ccc(COc3cccc(Br)c3)o2)ccc1F. The van der Waals surface area contributed by atoms with Crippen molar-refractivity contribution in [2.75, 3.05) is 5.32 Å². The molecule has 0 fully saturated rings. The van der Waals surface area contributed by atoms with Crippen molar-refractivity contribution in [3.05, 3.63) is 82.0 Å². The number of ether oxygens (including phenoxy) is 1. The van der Waals surface area contributed by atoms with Crippen molar-refractivity contribution in [1.29, 1.82) is 5.26 Å². The summed E-state index contributed by atoms with van der Waals surface area (Å²) in [6.45, 7) is 0.166. The number of nitrogens with one attached hydrogen (secondary N) is 1. The van der Waals surface area contributed by atoms with Crippen LogP contribution in [0.25, 0.3) is 0 Å². The van der Waals surface area contributed by atoms with E-state index >= 15 is 0 Å². The number of carbonyl (C=O) groups excluding carboxylic acids is 1. The number of furan rings is 1. The molecule has 2 aromatic carbocycles. The molecule has 5 nitrogen and oxygen atoms in total. The summed E-state index contributed by atoms with van der Waals surface area (Å²) in [7, 11) is 0. The third-order valence-electron chi connectivity index (χ3n) is 3.41. The molecular weight excluding hydrogens is 403 g/mol. The van der Waals surface area contributed by atoms with Crippen molar-refractivity contribution in [3.63, 3.8) is 0 Å². The van der Waals surface area contributed by atoms with Crippen LogP contribution in [0.5, 0.6) is 5.75 Å². The van der Waals surface area contributed by atoms with E-state index < -0.39 is 11.7 Å². The molecule has 0 aliphatic rings. The third-order valence-corrected chi connectivity index (χ3v) is 3.90. The van der Waals surface area contributed by atoms with Gasteiger partial charge in [-0.15, -0.1) is 0 Å². The maximum Gasteiger partial charge on any atom is 0.291 e. The fourth-order valence-electron chi connectivity index (χ4n) is 2.17. The number of nitrogens with zero attached hydrogens (tertiary/aromatic N) is 1. The Balaban J connectivity index is 1.63. The van der Waals surface area contributed by atoms with Gasteiger partial charge in [0.1, 0.15) is 30.0 Å². The highest BCUT2D eigenvalue weighted by Crippen LogP contribution is 2.20. The summed E-state index contributed by atoms with van der Waals surface area (Å²) >= 11 is 3.36. The van der Waals surface area contributed by atoms with Gasteiger partial charge in [0.25, 0.3) is 5.91 Å². The van der Waals surface area contributed by atoms with Gasteiger partial charge in [-0.05, 0) is 48.5 Å². The second-order valence-electron chi connectivity index (χ2n) is 5.27. The molecule has 130 valence electrons. The molecule has 0 saturated heterocycles. The van der Waals surface area contributed by atoms with Gasteiger partial charge in [0.05, 0.1) is 5.56 Å². The minimum Gasteiger partial charge on any atom is -0.486 e. The number of hydrogen-bond acceptors (Lipinski definition) is 4. The van der Waals surface area contributed by atoms with Crippen LogP contribution in [-0.2, 0) is 6.61 Å². The van der Waals surface area contributed by atoms with Gasteiger partial charge in [-0.3, -0.25) is 4.79 Å². The molecule has 0 spiro atoms. The maximum atomic E-state index is 13.3. The van der Waals surface area contributed by atoms with Gasteiger partial charge in [-0.25, -0.2) is 4.39 Å². The van der Waals surface area contributed by atoms with Crippen LogP contribution in [0.15, 0.2) is 63.5 Å². The molecule has 0 radical (unpaired) electrons. The van der Waals surface area contributed by atoms with Gasteiger partial charge in [0, 0.05) is 10.2 Å². The molecule has 0 aliphatic carbocycles. The predicted molar refractivity (Wildman–Crippen MR) is 96.3 cm³/mol. The van der Waals surface area contributed by atoms with E-state index in [1.807, 2.05) is 24.3 Å². The fourth-order valence-corrected chi connectivity index (χ4v) is 2.55. The Morgan fingerprint density at radius 3 is 2.85 bits per heavy atom. The molecule has 1 heterocycles. The summed E-state index contributed by atoms with van der Waals surface area (Å²) in [6, 6.07) is 16.0. The molecule has 1 aromatic heterocycles. The highest BCUT2D eigenvalue weighted by molar-refractivity contribution is 9.10. The number of nitriles is 1. The zero-order valence-corrected chi connectivity index (χ0v) is 14.9. The Hall–Kier alpha value is -3.11. The van der Waals surface area contributed by atoms with Crippen molar-refractivity contribution in [2.24, 2.45) is 0 Å². The summed E-state index contributed by atoms with van der Waals surface area (Å²) in [5.41, 5.74) is 0.154. The van der Waals surface area contributed by atoms with E-state index in [9.17, 15) is 9.18 Å². The lowest BCUT2D eigenvalue weighted by molar-refractivity contribution is 0.0992. The van der Waals surface area contributed by atoms with Crippen LogP contribution in [-0.4, -0.2) is 5.91 Å². The average molecular weight is 415 g/mol. The monoisotopic (exact) mass is 414 g/mol. The van der Waals surface area contributed by atoms with Crippen LogP contribution >= 0.6 is 15.9 Å². The van der Waals surface area contributed by atoms with Gasteiger partial charge in [-0.1, -0.05) is 22.0 Å². The molecule has 7 heteroatoms. The third kappa shape index (κ3) is 4.29. The first-order chi connectivity index (χ1) is 12.5. The van der Waals surface area contributed by atoms with E-state index in [2.05, 4.69) is 21.2 Å². The summed E-state index contributed by atoms with van der Waals surface area (Å²) in [4.78, 5) is 12.2. The summed E-state index contributed by atoms with van der Waals surface area (Å²) < 4.78 is 25.3. The first kappa shape index (κ1) is 17.7. The number of anilines is 1. The highest BCUT2D eigenvalue weighted by atomic mass is 79.9. The molecule has 0 atom stereocenters. The smallest absolute Gasteiger partial charge is 0.291 e. The van der Waals surface area contributed by atoms with Crippen LogP contribution in [0, 0.1) is 17.1 Å². The standard InChI is InChI=1S/C19H12BrFN2O3/c20-13-2-1-3-15(9-13)25-11-16-5-7-18(26-16)19(24)23-14-4-6-17(21)12(8-14)10-22/h1-9H,11H2,(H,23,24). The number of halogens is 2. The van der Waals surface area contributed by atoms with Crippen molar-refractivity contribution < 1.29 is 18.3 Å². The van der Waals surface area contributed by atoms with Crippen LogP contribution in [0.1, 0.15) is 21.9 Å². The van der Waals surface area contributed by atoms with Crippen LogP contribution in [0.3, 0.4) is 0 Å². The zero-order valence-electron chi connectivity index (χ0n) is 13.3. The molecule has 26 heavy (non-hydrogen) atoms. The van der Waals surface area contributed by atoms with Crippen molar-refractivity contribution in [3.8, 4) is 11.8 Å². The maximum absolute atomic E-state index is 13.3. The number of amides is 1. The van der Waals surface area contributed by atoms with Gasteiger partial charge >= 0.3 is 0 Å². The first-order valence-electron chi connectivity index (χ1n) is 7.53. The average Bonchev–Trinajstić information content (AvgIpc) is 3.11. The lowest BCUT2D eigenvalue weighted by Gasteiger charge is -2.05. The Kier molecular flexibility index (Phi) is 5.34. The van der Waals surface area contributed by atoms with Crippen LogP contribution < -0.4 is 10.1 Å². The Bertz CT molecular complexity index is 994. The van der Waals surface area contributed by atoms with Crippen LogP contribution in [0.4, 0.5) is 10.1 Å². The Labute approximate surface area is 157 Å². The summed E-state index contributed by atoms with van der Waals surface area (Å²) in [5.74, 6) is 0.0782. The lowest BCUT2D eigenvalue weighted by Crippen LogP contribution is -2.11. The molecule has 0 bridgehead atoms. The second-order valence-corrected chi connectivity index (χ2v) is 6.19. The first-order valence-corrected chi connectivity index (χ1v) is 8.32. The molecular formula is C19H12BrFN2O3. The lowest BCUT2D eigenvalue weighted by atomic mass is 10.2. The van der Waals surface area contributed by atoms with Gasteiger partial charge in [0.2, 0.25) is 0 Å². The molecule has 0 aliphatic heterocycles. The van der Waals surface area contributed by atoms with Crippen molar-refractivity contribution in [1.82, 2.24) is 0 Å². The summed E-state index contributed by atoms with van der Waals surface area (Å²) in [5, 5.41) is 11.4. The van der Waals surface area contributed by atoms with E-state index in [1.165, 1.54) is 18.2 Å². The van der Waals surface area contributed by atoms with Crippen molar-refractivity contribution in [2.45, 2.75) is 6.61 Å². The largest absolute Gasteiger partial charge is 0.486 e. The van der Waals surface area contributed by atoms with Gasteiger partial charge < -0.3 is 14.5 Å². The van der Waals surface area contributed by atoms with E-state index in [-0.39, 0.29) is 17.9 Å². The highest BCUT2D eigenvalue weighted by Gasteiger charge is 2.13. The van der Waals surface area contributed by atoms with E-state index in [0.717, 1.165) is 10.5 Å². The Morgan fingerprint density at radius 2 is 2.08 bits per heavy atom. The number of hydrogen-bond donors (Lipinski definition) is 1. The predicted octanol–water partition coefficient (Wildman–Crippen LogP) is 4.88. The zero-order chi connectivity index (χ0) is 18.5. The molecule has 0 unspecified atom stereocenters. The molecule has 3 aromatic rings. The molecule has 1 amide bonds. The summed E-state index contributed by atoms with van der Waals surface area (Å²) in [6.07, 6.45) is 0.